The highest BCUT2D eigenvalue weighted by atomic mass is 16.1. The van der Waals surface area contributed by atoms with Gasteiger partial charge in [0.1, 0.15) is 11.8 Å². The predicted molar refractivity (Wildman–Crippen MR) is 68.9 cm³/mol. The third-order valence-corrected chi connectivity index (χ3v) is 2.90. The molecule has 0 fully saturated rings. The summed E-state index contributed by atoms with van der Waals surface area (Å²) in [6, 6.07) is 1.81. The van der Waals surface area contributed by atoms with E-state index < -0.39 is 0 Å². The summed E-state index contributed by atoms with van der Waals surface area (Å²) in [5.41, 5.74) is 0.761. The van der Waals surface area contributed by atoms with E-state index in [1.165, 1.54) is 10.8 Å². The van der Waals surface area contributed by atoms with Gasteiger partial charge in [-0.25, -0.2) is 0 Å². The topological polar surface area (TPSA) is 81.2 Å². The van der Waals surface area contributed by atoms with Crippen molar-refractivity contribution >= 4 is 16.8 Å². The lowest BCUT2D eigenvalue weighted by molar-refractivity contribution is 0.381. The Labute approximate surface area is 108 Å². The first kappa shape index (κ1) is 11.7. The van der Waals surface area contributed by atoms with Crippen LogP contribution >= 0.6 is 0 Å². The molecular weight excluding hydrogens is 246 g/mol. The van der Waals surface area contributed by atoms with Crippen LogP contribution < -0.4 is 5.56 Å². The Morgan fingerprint density at radius 2 is 2.16 bits per heavy atom. The van der Waals surface area contributed by atoms with Gasteiger partial charge in [0.05, 0.1) is 0 Å². The summed E-state index contributed by atoms with van der Waals surface area (Å²) in [5, 5.41) is 11.9. The standard InChI is InChI=1S/C11H13N7O/c1-16(2)5-6-17-4-3-8-9(10(17)19)14-15-11-12-7-13-18(8)11/h3-4,7H,5-6H2,1-2H3. The van der Waals surface area contributed by atoms with Crippen molar-refractivity contribution in [2.24, 2.45) is 0 Å². The van der Waals surface area contributed by atoms with E-state index in [0.29, 0.717) is 23.4 Å². The van der Waals surface area contributed by atoms with Crippen LogP contribution in [0.25, 0.3) is 16.8 Å². The van der Waals surface area contributed by atoms with Crippen LogP contribution in [-0.2, 0) is 6.54 Å². The Morgan fingerprint density at radius 1 is 1.32 bits per heavy atom. The molecule has 0 saturated heterocycles. The first-order valence-electron chi connectivity index (χ1n) is 5.87. The quantitative estimate of drug-likeness (QED) is 0.624. The maximum absolute atomic E-state index is 12.3. The highest BCUT2D eigenvalue weighted by molar-refractivity contribution is 5.74. The molecule has 19 heavy (non-hydrogen) atoms. The Morgan fingerprint density at radius 3 is 2.95 bits per heavy atom. The minimum atomic E-state index is -0.163. The van der Waals surface area contributed by atoms with E-state index in [9.17, 15) is 4.79 Å². The average molecular weight is 259 g/mol. The van der Waals surface area contributed by atoms with Crippen molar-refractivity contribution in [3.05, 3.63) is 28.9 Å². The van der Waals surface area contributed by atoms with E-state index in [-0.39, 0.29) is 5.56 Å². The number of rotatable bonds is 3. The van der Waals surface area contributed by atoms with Crippen LogP contribution in [0.3, 0.4) is 0 Å². The highest BCUT2D eigenvalue weighted by Crippen LogP contribution is 2.06. The zero-order chi connectivity index (χ0) is 13.4. The van der Waals surface area contributed by atoms with Crippen molar-refractivity contribution in [2.45, 2.75) is 6.54 Å². The third kappa shape index (κ3) is 1.95. The second-order valence-electron chi connectivity index (χ2n) is 4.52. The van der Waals surface area contributed by atoms with E-state index in [2.05, 4.69) is 20.3 Å². The zero-order valence-electron chi connectivity index (χ0n) is 10.7. The van der Waals surface area contributed by atoms with Crippen LogP contribution in [0, 0.1) is 0 Å². The molecule has 0 spiro atoms. The normalized spacial score (nSPS) is 11.7. The molecule has 0 aliphatic carbocycles. The molecule has 0 aliphatic rings. The maximum atomic E-state index is 12.3. The molecule has 0 bridgehead atoms. The lowest BCUT2D eigenvalue weighted by Gasteiger charge is -2.11. The molecule has 3 rings (SSSR count). The van der Waals surface area contributed by atoms with Gasteiger partial charge in [0.15, 0.2) is 5.52 Å². The first-order chi connectivity index (χ1) is 9.16. The molecule has 3 aromatic heterocycles. The smallest absolute Gasteiger partial charge is 0.280 e. The van der Waals surface area contributed by atoms with Crippen LogP contribution in [0.15, 0.2) is 23.4 Å². The molecule has 3 heterocycles. The van der Waals surface area contributed by atoms with E-state index in [0.717, 1.165) is 6.54 Å². The minimum absolute atomic E-state index is 0.163. The van der Waals surface area contributed by atoms with Gasteiger partial charge < -0.3 is 9.47 Å². The van der Waals surface area contributed by atoms with Crippen LogP contribution in [0.5, 0.6) is 0 Å². The molecular formula is C11H13N7O. The van der Waals surface area contributed by atoms with Crippen molar-refractivity contribution < 1.29 is 0 Å². The first-order valence-corrected chi connectivity index (χ1v) is 5.87. The minimum Gasteiger partial charge on any atom is -0.312 e. The fourth-order valence-corrected chi connectivity index (χ4v) is 1.87. The summed E-state index contributed by atoms with van der Waals surface area (Å²) < 4.78 is 3.14. The fraction of sp³-hybridized carbons (Fsp3) is 0.364. The second-order valence-corrected chi connectivity index (χ2v) is 4.52. The Balaban J connectivity index is 2.16. The van der Waals surface area contributed by atoms with Gasteiger partial charge in [-0.3, -0.25) is 4.79 Å². The number of pyridine rings is 1. The van der Waals surface area contributed by atoms with Gasteiger partial charge in [0.2, 0.25) is 0 Å². The fourth-order valence-electron chi connectivity index (χ4n) is 1.87. The zero-order valence-corrected chi connectivity index (χ0v) is 10.7. The van der Waals surface area contributed by atoms with E-state index >= 15 is 0 Å². The summed E-state index contributed by atoms with van der Waals surface area (Å²) in [6.45, 7) is 1.39. The molecule has 0 amide bonds. The van der Waals surface area contributed by atoms with Gasteiger partial charge in [-0.15, -0.1) is 10.2 Å². The number of fused-ring (bicyclic) bond motifs is 3. The van der Waals surface area contributed by atoms with E-state index in [4.69, 9.17) is 0 Å². The number of hydrogen-bond donors (Lipinski definition) is 0. The summed E-state index contributed by atoms with van der Waals surface area (Å²) in [6.07, 6.45) is 3.14. The van der Waals surface area contributed by atoms with Crippen LogP contribution in [0.4, 0.5) is 0 Å². The summed E-state index contributed by atoms with van der Waals surface area (Å²) >= 11 is 0. The summed E-state index contributed by atoms with van der Waals surface area (Å²) in [5.74, 6) is 0.387. The number of aromatic nitrogens is 6. The largest absolute Gasteiger partial charge is 0.312 e. The number of nitrogens with zero attached hydrogens (tertiary/aromatic N) is 7. The molecule has 0 aliphatic heterocycles. The number of hydrogen-bond acceptors (Lipinski definition) is 6. The maximum Gasteiger partial charge on any atom is 0.280 e. The average Bonchev–Trinajstić information content (AvgIpc) is 2.86. The molecule has 0 unspecified atom stereocenters. The van der Waals surface area contributed by atoms with Gasteiger partial charge in [-0.1, -0.05) is 0 Å². The molecule has 98 valence electrons. The van der Waals surface area contributed by atoms with Gasteiger partial charge in [0, 0.05) is 19.3 Å². The van der Waals surface area contributed by atoms with Crippen LogP contribution in [0.1, 0.15) is 0 Å². The monoisotopic (exact) mass is 259 g/mol. The SMILES string of the molecule is CN(C)CCn1ccc2c(nnc3ncnn32)c1=O. The molecule has 8 heteroatoms. The number of likely N-dealkylation sites (N-methyl/N-ethyl adjacent to an activating group) is 1. The predicted octanol–water partition coefficient (Wildman–Crippen LogP) is -0.604. The Hall–Kier alpha value is -2.35. The van der Waals surface area contributed by atoms with Crippen LogP contribution in [-0.4, -0.2) is 54.9 Å². The molecule has 3 aromatic rings. The van der Waals surface area contributed by atoms with E-state index in [1.54, 1.807) is 10.8 Å². The van der Waals surface area contributed by atoms with Crippen molar-refractivity contribution in [3.8, 4) is 0 Å². The van der Waals surface area contributed by atoms with Crippen molar-refractivity contribution in [2.75, 3.05) is 20.6 Å². The van der Waals surface area contributed by atoms with Gasteiger partial charge in [-0.05, 0) is 20.2 Å². The van der Waals surface area contributed by atoms with Crippen molar-refractivity contribution in [1.29, 1.82) is 0 Å². The highest BCUT2D eigenvalue weighted by Gasteiger charge is 2.09. The lowest BCUT2D eigenvalue weighted by Crippen LogP contribution is -2.27. The Kier molecular flexibility index (Phi) is 2.71. The third-order valence-electron chi connectivity index (χ3n) is 2.90. The summed E-state index contributed by atoms with van der Waals surface area (Å²) in [7, 11) is 3.93. The summed E-state index contributed by atoms with van der Waals surface area (Å²) in [4.78, 5) is 18.2. The lowest BCUT2D eigenvalue weighted by atomic mass is 10.4. The van der Waals surface area contributed by atoms with Crippen LogP contribution in [0.2, 0.25) is 0 Å². The molecule has 0 aromatic carbocycles. The second kappa shape index (κ2) is 4.39. The molecule has 8 nitrogen and oxygen atoms in total. The van der Waals surface area contributed by atoms with E-state index in [1.807, 2.05) is 25.1 Å². The molecule has 0 atom stereocenters. The Bertz CT molecular complexity index is 788. The van der Waals surface area contributed by atoms with Gasteiger partial charge >= 0.3 is 0 Å². The van der Waals surface area contributed by atoms with Crippen molar-refractivity contribution in [3.63, 3.8) is 0 Å². The van der Waals surface area contributed by atoms with Crippen molar-refractivity contribution in [1.82, 2.24) is 34.3 Å². The van der Waals surface area contributed by atoms with Gasteiger partial charge in [-0.2, -0.15) is 14.6 Å². The molecule has 0 N–H and O–H groups in total. The molecule has 0 saturated carbocycles. The molecule has 0 radical (unpaired) electrons. The van der Waals surface area contributed by atoms with Gasteiger partial charge in [0.25, 0.3) is 11.3 Å².